The number of urea groups is 1. The SMILES string of the molecule is CC1=C(C(=O)OC(C)C)[C@H](c2ccc(F)cc2)NC(=O)N1. The molecule has 5 nitrogen and oxygen atoms in total. The number of amides is 2. The average Bonchev–Trinajstić information content (AvgIpc) is 2.37. The molecule has 6 heteroatoms. The second-order valence-corrected chi connectivity index (χ2v) is 5.08. The molecule has 1 atom stereocenters. The van der Waals surface area contributed by atoms with E-state index in [1.54, 1.807) is 20.8 Å². The minimum Gasteiger partial charge on any atom is -0.459 e. The molecule has 1 heterocycles. The molecule has 0 radical (unpaired) electrons. The molecule has 2 rings (SSSR count). The number of ether oxygens (including phenoxy) is 1. The molecule has 1 aliphatic heterocycles. The first-order chi connectivity index (χ1) is 9.88. The summed E-state index contributed by atoms with van der Waals surface area (Å²) in [4.78, 5) is 23.9. The van der Waals surface area contributed by atoms with Crippen molar-refractivity contribution >= 4 is 12.0 Å². The molecule has 1 aliphatic rings. The normalized spacial score (nSPS) is 18.3. The molecule has 1 aromatic carbocycles. The highest BCUT2D eigenvalue weighted by Crippen LogP contribution is 2.27. The number of hydrogen-bond acceptors (Lipinski definition) is 3. The van der Waals surface area contributed by atoms with Gasteiger partial charge in [0.05, 0.1) is 17.7 Å². The van der Waals surface area contributed by atoms with Gasteiger partial charge in [-0.3, -0.25) is 0 Å². The van der Waals surface area contributed by atoms with Gasteiger partial charge in [0.2, 0.25) is 0 Å². The molecule has 0 bridgehead atoms. The number of carbonyl (C=O) groups excluding carboxylic acids is 2. The van der Waals surface area contributed by atoms with Crippen molar-refractivity contribution in [2.75, 3.05) is 0 Å². The van der Waals surface area contributed by atoms with Crippen LogP contribution in [0.15, 0.2) is 35.5 Å². The maximum atomic E-state index is 13.0. The molecule has 0 spiro atoms. The molecule has 1 aromatic rings. The van der Waals surface area contributed by atoms with Gasteiger partial charge in [-0.1, -0.05) is 12.1 Å². The van der Waals surface area contributed by atoms with Gasteiger partial charge in [-0.2, -0.15) is 0 Å². The maximum Gasteiger partial charge on any atom is 0.338 e. The van der Waals surface area contributed by atoms with Crippen LogP contribution in [0, 0.1) is 5.82 Å². The van der Waals surface area contributed by atoms with Gasteiger partial charge >= 0.3 is 12.0 Å². The molecule has 0 aromatic heterocycles. The predicted octanol–water partition coefficient (Wildman–Crippen LogP) is 2.41. The topological polar surface area (TPSA) is 67.4 Å². The van der Waals surface area contributed by atoms with Crippen molar-refractivity contribution in [1.82, 2.24) is 10.6 Å². The molecule has 2 N–H and O–H groups in total. The van der Waals surface area contributed by atoms with Crippen LogP contribution >= 0.6 is 0 Å². The van der Waals surface area contributed by atoms with Crippen LogP contribution < -0.4 is 10.6 Å². The lowest BCUT2D eigenvalue weighted by molar-refractivity contribution is -0.143. The number of esters is 1. The average molecular weight is 292 g/mol. The van der Waals surface area contributed by atoms with Gasteiger partial charge < -0.3 is 15.4 Å². The van der Waals surface area contributed by atoms with Crippen LogP contribution in [0.4, 0.5) is 9.18 Å². The van der Waals surface area contributed by atoms with Crippen LogP contribution in [0.3, 0.4) is 0 Å². The van der Waals surface area contributed by atoms with Crippen molar-refractivity contribution in [1.29, 1.82) is 0 Å². The summed E-state index contributed by atoms with van der Waals surface area (Å²) in [5.41, 5.74) is 1.36. The van der Waals surface area contributed by atoms with Crippen molar-refractivity contribution in [3.05, 3.63) is 46.9 Å². The summed E-state index contributed by atoms with van der Waals surface area (Å²) in [7, 11) is 0. The molecule has 21 heavy (non-hydrogen) atoms. The Kier molecular flexibility index (Phi) is 4.26. The Morgan fingerprint density at radius 2 is 1.90 bits per heavy atom. The number of rotatable bonds is 3. The first-order valence-electron chi connectivity index (χ1n) is 6.63. The van der Waals surface area contributed by atoms with Crippen LogP contribution in [0.25, 0.3) is 0 Å². The van der Waals surface area contributed by atoms with Crippen molar-refractivity contribution in [2.24, 2.45) is 0 Å². The highest BCUT2D eigenvalue weighted by atomic mass is 19.1. The van der Waals surface area contributed by atoms with Crippen LogP contribution in [0.1, 0.15) is 32.4 Å². The highest BCUT2D eigenvalue weighted by molar-refractivity contribution is 5.95. The Morgan fingerprint density at radius 1 is 1.29 bits per heavy atom. The molecule has 0 aliphatic carbocycles. The van der Waals surface area contributed by atoms with E-state index >= 15 is 0 Å². The third kappa shape index (κ3) is 3.39. The van der Waals surface area contributed by atoms with E-state index in [0.29, 0.717) is 16.8 Å². The second kappa shape index (κ2) is 5.95. The Bertz CT molecular complexity index is 593. The van der Waals surface area contributed by atoms with E-state index < -0.39 is 18.0 Å². The summed E-state index contributed by atoms with van der Waals surface area (Å²) in [5, 5.41) is 5.20. The van der Waals surface area contributed by atoms with Gasteiger partial charge in [-0.05, 0) is 38.5 Å². The highest BCUT2D eigenvalue weighted by Gasteiger charge is 2.32. The Hall–Kier alpha value is -2.37. The molecular formula is C15H17FN2O3. The first kappa shape index (κ1) is 15.0. The molecular weight excluding hydrogens is 275 g/mol. The molecule has 2 amide bonds. The van der Waals surface area contributed by atoms with Gasteiger partial charge in [0.1, 0.15) is 5.82 Å². The third-order valence-electron chi connectivity index (χ3n) is 3.04. The lowest BCUT2D eigenvalue weighted by Crippen LogP contribution is -2.45. The minimum absolute atomic E-state index is 0.274. The second-order valence-electron chi connectivity index (χ2n) is 5.08. The van der Waals surface area contributed by atoms with Crippen LogP contribution in [0.5, 0.6) is 0 Å². The van der Waals surface area contributed by atoms with E-state index in [0.717, 1.165) is 0 Å². The summed E-state index contributed by atoms with van der Waals surface area (Å²) in [6, 6.07) is 4.55. The van der Waals surface area contributed by atoms with Crippen LogP contribution in [-0.4, -0.2) is 18.1 Å². The van der Waals surface area contributed by atoms with Crippen molar-refractivity contribution in [3.8, 4) is 0 Å². The van der Waals surface area contributed by atoms with Gasteiger partial charge in [0.15, 0.2) is 0 Å². The molecule has 0 saturated heterocycles. The fourth-order valence-electron chi connectivity index (χ4n) is 2.15. The first-order valence-corrected chi connectivity index (χ1v) is 6.63. The summed E-state index contributed by atoms with van der Waals surface area (Å²) in [6.07, 6.45) is -0.274. The monoisotopic (exact) mass is 292 g/mol. The zero-order chi connectivity index (χ0) is 15.6. The summed E-state index contributed by atoms with van der Waals surface area (Å²) >= 11 is 0. The van der Waals surface area contributed by atoms with Gasteiger partial charge in [0.25, 0.3) is 0 Å². The summed E-state index contributed by atoms with van der Waals surface area (Å²) in [5.74, 6) is -0.893. The molecule has 0 saturated carbocycles. The predicted molar refractivity (Wildman–Crippen MR) is 74.7 cm³/mol. The molecule has 0 fully saturated rings. The fraction of sp³-hybridized carbons (Fsp3) is 0.333. The smallest absolute Gasteiger partial charge is 0.338 e. The maximum absolute atomic E-state index is 13.0. The Morgan fingerprint density at radius 3 is 2.48 bits per heavy atom. The standard InChI is InChI=1S/C15H17FN2O3/c1-8(2)21-14(19)12-9(3)17-15(20)18-13(12)10-4-6-11(16)7-5-10/h4-8,13H,1-3H3,(H2,17,18,20)/t13-/m0/s1. The molecule has 112 valence electrons. The van der Waals surface area contributed by atoms with E-state index in [2.05, 4.69) is 10.6 Å². The quantitative estimate of drug-likeness (QED) is 0.841. The fourth-order valence-corrected chi connectivity index (χ4v) is 2.15. The van der Waals surface area contributed by atoms with Crippen molar-refractivity contribution < 1.29 is 18.7 Å². The van der Waals surface area contributed by atoms with E-state index in [9.17, 15) is 14.0 Å². The number of halogens is 1. The van der Waals surface area contributed by atoms with Crippen molar-refractivity contribution in [3.63, 3.8) is 0 Å². The van der Waals surface area contributed by atoms with Crippen LogP contribution in [0.2, 0.25) is 0 Å². The summed E-state index contributed by atoms with van der Waals surface area (Å²) < 4.78 is 18.2. The van der Waals surface area contributed by atoms with E-state index in [-0.39, 0.29) is 11.9 Å². The zero-order valence-electron chi connectivity index (χ0n) is 12.1. The number of hydrogen-bond donors (Lipinski definition) is 2. The molecule has 0 unspecified atom stereocenters. The zero-order valence-corrected chi connectivity index (χ0v) is 12.1. The largest absolute Gasteiger partial charge is 0.459 e. The minimum atomic E-state index is -0.661. The number of allylic oxidation sites excluding steroid dienone is 1. The summed E-state index contributed by atoms with van der Waals surface area (Å²) in [6.45, 7) is 5.12. The third-order valence-corrected chi connectivity index (χ3v) is 3.04. The van der Waals surface area contributed by atoms with Crippen molar-refractivity contribution in [2.45, 2.75) is 32.9 Å². The van der Waals surface area contributed by atoms with Crippen LogP contribution in [-0.2, 0) is 9.53 Å². The van der Waals surface area contributed by atoms with Gasteiger partial charge in [-0.15, -0.1) is 0 Å². The van der Waals surface area contributed by atoms with E-state index in [1.165, 1.54) is 24.3 Å². The lowest BCUT2D eigenvalue weighted by Gasteiger charge is -2.28. The van der Waals surface area contributed by atoms with E-state index in [4.69, 9.17) is 4.74 Å². The lowest BCUT2D eigenvalue weighted by atomic mass is 9.95. The Balaban J connectivity index is 2.40. The van der Waals surface area contributed by atoms with Gasteiger partial charge in [-0.25, -0.2) is 14.0 Å². The Labute approximate surface area is 122 Å². The number of benzene rings is 1. The van der Waals surface area contributed by atoms with Gasteiger partial charge in [0, 0.05) is 5.70 Å². The number of carbonyl (C=O) groups is 2. The number of nitrogens with one attached hydrogen (secondary N) is 2. The van der Waals surface area contributed by atoms with E-state index in [1.807, 2.05) is 0 Å².